The molecular weight excluding hydrogens is 577 g/mol. The molecule has 41 heavy (non-hydrogen) atoms. The lowest BCUT2D eigenvalue weighted by Gasteiger charge is -2.32. The SMILES string of the molecule is Cc1cc(-c2cc(F)c(NS(=O)(=O)c3ccc#cc3Cl)c(F)c2F)nc2cnc(N[C@H]3CC[C@H](N(C)C)CC3)nc12. The second-order valence-corrected chi connectivity index (χ2v) is 12.2. The van der Waals surface area contributed by atoms with E-state index >= 15 is 13.2 Å². The van der Waals surface area contributed by atoms with Crippen LogP contribution in [-0.2, 0) is 10.0 Å². The molecule has 2 aromatic heterocycles. The molecule has 0 radical (unpaired) electrons. The van der Waals surface area contributed by atoms with Crippen LogP contribution in [0.1, 0.15) is 31.2 Å². The number of nitrogens with zero attached hydrogens (tertiary/aromatic N) is 4. The Morgan fingerprint density at radius 1 is 1.07 bits per heavy atom. The second-order valence-electron chi connectivity index (χ2n) is 10.2. The summed E-state index contributed by atoms with van der Waals surface area (Å²) in [5.74, 6) is -4.12. The van der Waals surface area contributed by atoms with E-state index in [0.717, 1.165) is 31.7 Å². The zero-order chi connectivity index (χ0) is 29.5. The number of sulfonamides is 1. The van der Waals surface area contributed by atoms with Crippen LogP contribution in [0.25, 0.3) is 22.3 Å². The van der Waals surface area contributed by atoms with E-state index in [9.17, 15) is 8.42 Å². The molecule has 0 aliphatic heterocycles. The minimum Gasteiger partial charge on any atom is -0.351 e. The standard InChI is InChI=1S/C28H26ClF3N6O2S/c1-15-12-21(35-22-14-33-28(36-26(15)22)34-16-8-10-17(11-9-16)38(2)3)18-13-20(30)27(25(32)24(18)31)37-41(39,40)23-7-5-4-6-19(23)29/h5,7,12-14,16-17,37H,8-11H2,1-3H3,(H,33,34,36)/t16-,17-. The zero-order valence-electron chi connectivity index (χ0n) is 22.4. The van der Waals surface area contributed by atoms with Crippen molar-refractivity contribution in [1.82, 2.24) is 19.9 Å². The van der Waals surface area contributed by atoms with Gasteiger partial charge >= 0.3 is 0 Å². The third-order valence-electron chi connectivity index (χ3n) is 7.17. The number of aryl methyl sites for hydroxylation is 1. The summed E-state index contributed by atoms with van der Waals surface area (Å²) in [5, 5.41) is 3.03. The van der Waals surface area contributed by atoms with Gasteiger partial charge in [-0.05, 0) is 82.6 Å². The molecule has 8 nitrogen and oxygen atoms in total. The fourth-order valence-electron chi connectivity index (χ4n) is 4.94. The Balaban J connectivity index is 1.42. The van der Waals surface area contributed by atoms with Crippen molar-refractivity contribution in [2.45, 2.75) is 49.6 Å². The maximum atomic E-state index is 15.2. The number of anilines is 2. The molecule has 2 N–H and O–H groups in total. The summed E-state index contributed by atoms with van der Waals surface area (Å²) in [7, 11) is -0.395. The molecule has 13 heteroatoms. The highest BCUT2D eigenvalue weighted by Gasteiger charge is 2.27. The Labute approximate surface area is 241 Å². The predicted octanol–water partition coefficient (Wildman–Crippen LogP) is 5.76. The first kappa shape index (κ1) is 28.9. The summed E-state index contributed by atoms with van der Waals surface area (Å²) >= 11 is 5.84. The highest BCUT2D eigenvalue weighted by molar-refractivity contribution is 7.92. The van der Waals surface area contributed by atoms with Crippen LogP contribution in [0.5, 0.6) is 0 Å². The number of hydrogen-bond acceptors (Lipinski definition) is 7. The molecule has 1 aliphatic carbocycles. The number of hydrogen-bond donors (Lipinski definition) is 2. The van der Waals surface area contributed by atoms with Crippen molar-refractivity contribution in [3.63, 3.8) is 0 Å². The Bertz CT molecular complexity index is 1730. The first-order valence-corrected chi connectivity index (χ1v) is 14.7. The van der Waals surface area contributed by atoms with Gasteiger partial charge in [0, 0.05) is 17.6 Å². The molecular formula is C28H26ClF3N6O2S. The summed E-state index contributed by atoms with van der Waals surface area (Å²) < 4.78 is 72.4. The topological polar surface area (TPSA) is 100 Å². The van der Waals surface area contributed by atoms with Gasteiger partial charge in [-0.25, -0.2) is 36.5 Å². The largest absolute Gasteiger partial charge is 0.351 e. The van der Waals surface area contributed by atoms with Gasteiger partial charge < -0.3 is 10.2 Å². The lowest BCUT2D eigenvalue weighted by molar-refractivity contribution is 0.221. The Hall–Kier alpha value is -3.66. The molecule has 0 bridgehead atoms. The maximum absolute atomic E-state index is 15.2. The fourth-order valence-corrected chi connectivity index (χ4v) is 6.46. The summed E-state index contributed by atoms with van der Waals surface area (Å²) in [5.41, 5.74) is -0.350. The van der Waals surface area contributed by atoms with Crippen molar-refractivity contribution in [3.05, 3.63) is 70.6 Å². The molecule has 4 aromatic rings. The van der Waals surface area contributed by atoms with Crippen molar-refractivity contribution in [3.8, 4) is 11.3 Å². The summed E-state index contributed by atoms with van der Waals surface area (Å²) in [6, 6.07) is 10.0. The van der Waals surface area contributed by atoms with E-state index in [1.165, 1.54) is 18.3 Å². The average Bonchev–Trinajstić information content (AvgIpc) is 2.93. The van der Waals surface area contributed by atoms with Gasteiger partial charge in [0.15, 0.2) is 17.5 Å². The third kappa shape index (κ3) is 5.88. The van der Waals surface area contributed by atoms with Crippen molar-refractivity contribution in [2.75, 3.05) is 24.1 Å². The quantitative estimate of drug-likeness (QED) is 0.260. The maximum Gasteiger partial charge on any atom is 0.264 e. The highest BCUT2D eigenvalue weighted by atomic mass is 35.5. The number of pyridine rings is 1. The van der Waals surface area contributed by atoms with Crippen molar-refractivity contribution >= 4 is 44.3 Å². The van der Waals surface area contributed by atoms with E-state index in [1.54, 1.807) is 11.6 Å². The van der Waals surface area contributed by atoms with Crippen molar-refractivity contribution < 1.29 is 21.6 Å². The van der Waals surface area contributed by atoms with Gasteiger partial charge in [-0.2, -0.15) is 0 Å². The molecule has 1 saturated carbocycles. The second kappa shape index (κ2) is 11.3. The van der Waals surface area contributed by atoms with Gasteiger partial charge in [-0.3, -0.25) is 4.72 Å². The molecule has 1 fully saturated rings. The Kier molecular flexibility index (Phi) is 7.96. The molecule has 0 amide bonds. The number of rotatable bonds is 7. The summed E-state index contributed by atoms with van der Waals surface area (Å²) in [6.07, 6.45) is 5.57. The van der Waals surface area contributed by atoms with Gasteiger partial charge in [0.1, 0.15) is 21.1 Å². The van der Waals surface area contributed by atoms with E-state index in [-0.39, 0.29) is 16.8 Å². The van der Waals surface area contributed by atoms with Crippen molar-refractivity contribution in [1.29, 1.82) is 0 Å². The van der Waals surface area contributed by atoms with Gasteiger partial charge in [0.25, 0.3) is 10.0 Å². The smallest absolute Gasteiger partial charge is 0.264 e. The number of fused-ring (bicyclic) bond motifs is 1. The normalized spacial score (nSPS) is 17.5. The Morgan fingerprint density at radius 3 is 2.49 bits per heavy atom. The van der Waals surface area contributed by atoms with E-state index in [2.05, 4.69) is 51.4 Å². The Morgan fingerprint density at radius 2 is 1.80 bits per heavy atom. The van der Waals surface area contributed by atoms with Gasteiger partial charge in [-0.1, -0.05) is 17.7 Å². The number of nitrogens with one attached hydrogen (secondary N) is 2. The van der Waals surface area contributed by atoms with Crippen LogP contribution < -0.4 is 10.0 Å². The average molecular weight is 603 g/mol. The highest BCUT2D eigenvalue weighted by Crippen LogP contribution is 2.34. The van der Waals surface area contributed by atoms with E-state index in [0.29, 0.717) is 34.7 Å². The summed E-state index contributed by atoms with van der Waals surface area (Å²) in [4.78, 5) is 15.0. The monoisotopic (exact) mass is 602 g/mol. The minimum atomic E-state index is -4.56. The molecule has 2 aromatic carbocycles. The van der Waals surface area contributed by atoms with Crippen LogP contribution in [0.2, 0.25) is 5.02 Å². The van der Waals surface area contributed by atoms with Crippen LogP contribution in [0.15, 0.2) is 35.4 Å². The van der Waals surface area contributed by atoms with E-state index in [1.807, 2.05) is 0 Å². The molecule has 1 aliphatic rings. The minimum absolute atomic E-state index is 0.0673. The third-order valence-corrected chi connectivity index (χ3v) is 8.98. The lowest BCUT2D eigenvalue weighted by atomic mass is 9.91. The molecule has 214 valence electrons. The molecule has 0 atom stereocenters. The molecule has 2 heterocycles. The summed E-state index contributed by atoms with van der Waals surface area (Å²) in [6.45, 7) is 1.72. The van der Waals surface area contributed by atoms with Crippen LogP contribution in [0, 0.1) is 36.5 Å². The van der Waals surface area contributed by atoms with E-state index < -0.39 is 43.6 Å². The van der Waals surface area contributed by atoms with Gasteiger partial charge in [0.05, 0.1) is 17.4 Å². The molecule has 0 saturated heterocycles. The number of benzene rings is 1. The number of aromatic nitrogens is 3. The predicted molar refractivity (Wildman–Crippen MR) is 151 cm³/mol. The van der Waals surface area contributed by atoms with Crippen molar-refractivity contribution in [2.24, 2.45) is 0 Å². The van der Waals surface area contributed by atoms with Crippen LogP contribution in [0.4, 0.5) is 24.8 Å². The van der Waals surface area contributed by atoms with E-state index in [4.69, 9.17) is 11.6 Å². The molecule has 0 unspecified atom stereocenters. The van der Waals surface area contributed by atoms with Gasteiger partial charge in [-0.15, -0.1) is 0 Å². The van der Waals surface area contributed by atoms with Crippen LogP contribution in [-0.4, -0.2) is 54.4 Å². The fraction of sp³-hybridized carbons (Fsp3) is 0.321. The van der Waals surface area contributed by atoms with Crippen LogP contribution >= 0.6 is 11.6 Å². The van der Waals surface area contributed by atoms with Gasteiger partial charge in [0.2, 0.25) is 5.95 Å². The zero-order valence-corrected chi connectivity index (χ0v) is 24.0. The molecule has 5 rings (SSSR count). The molecule has 0 spiro atoms. The first-order valence-electron chi connectivity index (χ1n) is 12.8. The van der Waals surface area contributed by atoms with Crippen LogP contribution in [0.3, 0.4) is 0 Å². The first-order chi connectivity index (χ1) is 19.4. The number of halogens is 4. The lowest BCUT2D eigenvalue weighted by Crippen LogP contribution is -2.36.